The highest BCUT2D eigenvalue weighted by Gasteiger charge is 2.04. The molecule has 0 aromatic carbocycles. The number of aliphatic carboxylic acids is 2. The molecule has 0 saturated carbocycles. The molecule has 0 bridgehead atoms. The van der Waals surface area contributed by atoms with E-state index in [0.29, 0.717) is 23.1 Å². The molecule has 0 spiro atoms. The van der Waals surface area contributed by atoms with Crippen molar-refractivity contribution >= 4 is 62.2 Å². The Hall–Kier alpha value is -2.43. The predicted molar refractivity (Wildman–Crippen MR) is 108 cm³/mol. The molecule has 1 heterocycles. The van der Waals surface area contributed by atoms with Gasteiger partial charge in [-0.05, 0) is 0 Å². The molecule has 0 aliphatic rings. The lowest BCUT2D eigenvalue weighted by atomic mass is 10.3. The van der Waals surface area contributed by atoms with E-state index in [2.05, 4.69) is 14.4 Å². The molecule has 0 fully saturated rings. The minimum atomic E-state index is -3.92. The number of hydrogen-bond donors (Lipinski definition) is 6. The van der Waals surface area contributed by atoms with Gasteiger partial charge in [0, 0.05) is 23.3 Å². The van der Waals surface area contributed by atoms with Crippen LogP contribution in [0.2, 0.25) is 0 Å². The van der Waals surface area contributed by atoms with Crippen LogP contribution < -0.4 is 22.3 Å². The summed E-state index contributed by atoms with van der Waals surface area (Å²) in [5.74, 6) is -0.969. The van der Waals surface area contributed by atoms with E-state index < -0.39 is 22.1 Å². The van der Waals surface area contributed by atoms with Crippen molar-refractivity contribution in [3.8, 4) is 0 Å². The summed E-state index contributed by atoms with van der Waals surface area (Å²) in [6.45, 7) is 0. The van der Waals surface area contributed by atoms with Gasteiger partial charge in [-0.25, -0.2) is 10.1 Å². The number of guanidine groups is 1. The number of aromatic nitrogens is 1. The van der Waals surface area contributed by atoms with Crippen LogP contribution in [0.3, 0.4) is 0 Å². The van der Waals surface area contributed by atoms with Gasteiger partial charge in [-0.15, -0.1) is 15.7 Å². The molecule has 0 aliphatic heterocycles. The Kier molecular flexibility index (Phi) is 11.8. The monoisotopic (exact) mass is 455 g/mol. The van der Waals surface area contributed by atoms with E-state index in [1.54, 1.807) is 0 Å². The second-order valence-electron chi connectivity index (χ2n) is 4.85. The van der Waals surface area contributed by atoms with Gasteiger partial charge in [-0.1, -0.05) is 0 Å². The molecule has 0 saturated heterocycles. The maximum atomic E-state index is 10.6. The first-order valence-corrected chi connectivity index (χ1v) is 10.8. The molecule has 1 aromatic heterocycles. The molecular weight excluding hydrogens is 434 g/mol. The molecule has 16 heteroatoms. The van der Waals surface area contributed by atoms with E-state index in [4.69, 9.17) is 32.6 Å². The van der Waals surface area contributed by atoms with Crippen molar-refractivity contribution in [3.05, 3.63) is 11.1 Å². The number of aliphatic imine (C=N–C) groups is 1. The molecule has 0 radical (unpaired) electrons. The Balaban J connectivity index is 0.000000769. The number of hydrogen-bond acceptors (Lipinski definition) is 8. The standard InChI is InChI=1S/C8H15N7O2S3.C4H6O4/c9-6(15-20(12,16)17)1-2-18-3-5-4-19-8(13-5)14-7(10)11;5-3(6)1-2-4(7)8/h4H,1-3H2,(H2,9,15)(H2,12,16,17)(H4,10,11,13,14);1-2H2,(H,5,6)(H,7,8). The SMILES string of the molecule is NC(N)=Nc1nc(CSCC/C(N)=N/S(N)(=O)=O)cs1.O=C(O)CCC(=O)O. The Morgan fingerprint density at radius 1 is 1.14 bits per heavy atom. The highest BCUT2D eigenvalue weighted by Crippen LogP contribution is 2.21. The van der Waals surface area contributed by atoms with E-state index in [0.717, 1.165) is 5.69 Å². The maximum absolute atomic E-state index is 10.6. The summed E-state index contributed by atoms with van der Waals surface area (Å²) in [5.41, 5.74) is 16.7. The smallest absolute Gasteiger partial charge is 0.318 e. The maximum Gasteiger partial charge on any atom is 0.318 e. The summed E-state index contributed by atoms with van der Waals surface area (Å²) in [6, 6.07) is 0. The topological polar surface area (TPSA) is 250 Å². The van der Waals surface area contributed by atoms with E-state index in [9.17, 15) is 18.0 Å². The lowest BCUT2D eigenvalue weighted by Crippen LogP contribution is -2.21. The normalized spacial score (nSPS) is 11.2. The summed E-state index contributed by atoms with van der Waals surface area (Å²) in [7, 11) is -3.92. The third-order valence-electron chi connectivity index (χ3n) is 2.31. The Morgan fingerprint density at radius 3 is 2.18 bits per heavy atom. The van der Waals surface area contributed by atoms with Crippen LogP contribution in [0.1, 0.15) is 25.0 Å². The van der Waals surface area contributed by atoms with Crippen LogP contribution in [-0.2, 0) is 25.6 Å². The highest BCUT2D eigenvalue weighted by molar-refractivity contribution is 7.98. The van der Waals surface area contributed by atoms with E-state index >= 15 is 0 Å². The summed E-state index contributed by atoms with van der Waals surface area (Å²) < 4.78 is 24.5. The molecule has 0 aliphatic carbocycles. The minimum absolute atomic E-state index is 0.0144. The van der Waals surface area contributed by atoms with Crippen LogP contribution >= 0.6 is 23.1 Å². The highest BCUT2D eigenvalue weighted by atomic mass is 32.2. The fourth-order valence-corrected chi connectivity index (χ4v) is 3.38. The lowest BCUT2D eigenvalue weighted by Gasteiger charge is -1.99. The quantitative estimate of drug-likeness (QED) is 0.144. The third-order valence-corrected chi connectivity index (χ3v) is 4.58. The molecule has 158 valence electrons. The van der Waals surface area contributed by atoms with Crippen molar-refractivity contribution in [1.82, 2.24) is 4.98 Å². The average Bonchev–Trinajstić information content (AvgIpc) is 2.95. The van der Waals surface area contributed by atoms with Crippen LogP contribution in [-0.4, -0.2) is 53.1 Å². The number of nitrogens with zero attached hydrogens (tertiary/aromatic N) is 3. The number of amidine groups is 1. The first-order chi connectivity index (χ1) is 12.9. The molecule has 1 rings (SSSR count). The number of thioether (sulfide) groups is 1. The zero-order valence-corrected chi connectivity index (χ0v) is 17.0. The molecule has 0 unspecified atom stereocenters. The minimum Gasteiger partial charge on any atom is -0.481 e. The van der Waals surface area contributed by atoms with Crippen LogP contribution in [0.25, 0.3) is 0 Å². The van der Waals surface area contributed by atoms with Gasteiger partial charge in [0.05, 0.1) is 18.5 Å². The number of rotatable bonds is 10. The molecule has 13 nitrogen and oxygen atoms in total. The van der Waals surface area contributed by atoms with Gasteiger partial charge in [-0.3, -0.25) is 9.59 Å². The van der Waals surface area contributed by atoms with Gasteiger partial charge in [0.25, 0.3) is 0 Å². The van der Waals surface area contributed by atoms with Crippen LogP contribution in [0.4, 0.5) is 5.13 Å². The Morgan fingerprint density at radius 2 is 1.71 bits per heavy atom. The van der Waals surface area contributed by atoms with E-state index in [-0.39, 0.29) is 24.6 Å². The third kappa shape index (κ3) is 15.8. The lowest BCUT2D eigenvalue weighted by molar-refractivity contribution is -0.143. The number of nitrogens with two attached hydrogens (primary N) is 4. The van der Waals surface area contributed by atoms with Crippen molar-refractivity contribution in [2.75, 3.05) is 5.75 Å². The first-order valence-electron chi connectivity index (χ1n) is 7.31. The summed E-state index contributed by atoms with van der Waals surface area (Å²) >= 11 is 2.86. The Labute approximate surface area is 169 Å². The van der Waals surface area contributed by atoms with Crippen molar-refractivity contribution in [3.63, 3.8) is 0 Å². The Bertz CT molecular complexity index is 803. The predicted octanol–water partition coefficient (Wildman–Crippen LogP) is -0.832. The number of carboxylic acids is 2. The van der Waals surface area contributed by atoms with Gasteiger partial charge < -0.3 is 27.4 Å². The first kappa shape index (κ1) is 25.6. The second-order valence-corrected chi connectivity index (χ2v) is 8.00. The van der Waals surface area contributed by atoms with E-state index in [1.165, 1.54) is 23.1 Å². The number of carbonyl (C=O) groups is 2. The molecular formula is C12H21N7O6S3. The zero-order chi connectivity index (χ0) is 21.7. The molecule has 28 heavy (non-hydrogen) atoms. The number of carboxylic acid groups (broad SMARTS) is 2. The van der Waals surface area contributed by atoms with Crippen molar-refractivity contribution < 1.29 is 28.2 Å². The van der Waals surface area contributed by atoms with Gasteiger partial charge >= 0.3 is 22.1 Å². The summed E-state index contributed by atoms with van der Waals surface area (Å²) in [6.07, 6.45) is -0.267. The van der Waals surface area contributed by atoms with Crippen molar-refractivity contribution in [1.29, 1.82) is 0 Å². The van der Waals surface area contributed by atoms with Crippen molar-refractivity contribution in [2.24, 2.45) is 31.7 Å². The van der Waals surface area contributed by atoms with Gasteiger partial charge in [0.2, 0.25) is 5.13 Å². The molecule has 0 atom stereocenters. The van der Waals surface area contributed by atoms with E-state index in [1.807, 2.05) is 5.38 Å². The molecule has 0 amide bonds. The van der Waals surface area contributed by atoms with Crippen molar-refractivity contribution in [2.45, 2.75) is 25.0 Å². The molecule has 10 N–H and O–H groups in total. The fraction of sp³-hybridized carbons (Fsp3) is 0.417. The van der Waals surface area contributed by atoms with Gasteiger partial charge in [-0.2, -0.15) is 25.2 Å². The fourth-order valence-electron chi connectivity index (χ4n) is 1.30. The van der Waals surface area contributed by atoms with Crippen LogP contribution in [0.15, 0.2) is 14.8 Å². The largest absolute Gasteiger partial charge is 0.481 e. The molecule has 1 aromatic rings. The van der Waals surface area contributed by atoms with Gasteiger partial charge in [0.15, 0.2) is 5.96 Å². The van der Waals surface area contributed by atoms with Crippen LogP contribution in [0.5, 0.6) is 0 Å². The number of thiazole rings is 1. The van der Waals surface area contributed by atoms with Gasteiger partial charge in [0.1, 0.15) is 5.84 Å². The summed E-state index contributed by atoms with van der Waals surface area (Å²) in [5, 5.41) is 22.9. The summed E-state index contributed by atoms with van der Waals surface area (Å²) in [4.78, 5) is 27.3. The zero-order valence-electron chi connectivity index (χ0n) is 14.5. The average molecular weight is 456 g/mol. The second kappa shape index (κ2) is 12.9. The van der Waals surface area contributed by atoms with Crippen LogP contribution in [0, 0.1) is 0 Å².